The lowest BCUT2D eigenvalue weighted by Gasteiger charge is -2.16. The van der Waals surface area contributed by atoms with Crippen LogP contribution in [0.5, 0.6) is 17.2 Å². The fraction of sp³-hybridized carbons (Fsp3) is 0.222. The molecule has 2 rings (SSSR count). The number of benzene rings is 2. The van der Waals surface area contributed by atoms with E-state index < -0.39 is 18.4 Å². The minimum atomic E-state index is -1.17. The van der Waals surface area contributed by atoms with Crippen molar-refractivity contribution in [3.8, 4) is 17.2 Å². The highest BCUT2D eigenvalue weighted by atomic mass is 79.9. The highest BCUT2D eigenvalue weighted by molar-refractivity contribution is 9.10. The van der Waals surface area contributed by atoms with Crippen molar-refractivity contribution in [3.63, 3.8) is 0 Å². The van der Waals surface area contributed by atoms with E-state index in [1.807, 2.05) is 13.8 Å². The van der Waals surface area contributed by atoms with Gasteiger partial charge in [-0.2, -0.15) is 0 Å². The number of carboxylic acids is 1. The first kappa shape index (κ1) is 21.3. The van der Waals surface area contributed by atoms with Gasteiger partial charge >= 0.3 is 5.97 Å². The first-order valence-electron chi connectivity index (χ1n) is 7.79. The first-order chi connectivity index (χ1) is 12.6. The molecule has 0 aromatic heterocycles. The van der Waals surface area contributed by atoms with E-state index in [0.717, 1.165) is 0 Å². The van der Waals surface area contributed by atoms with Gasteiger partial charge in [-0.25, -0.2) is 0 Å². The minimum Gasteiger partial charge on any atom is -0.508 e. The lowest BCUT2D eigenvalue weighted by Crippen LogP contribution is -2.29. The number of rotatable bonds is 6. The Morgan fingerprint density at radius 2 is 1.78 bits per heavy atom. The van der Waals surface area contributed by atoms with Crippen molar-refractivity contribution in [2.24, 2.45) is 0 Å². The van der Waals surface area contributed by atoms with Crippen LogP contribution < -0.4 is 10.1 Å². The van der Waals surface area contributed by atoms with Crippen LogP contribution in [-0.4, -0.2) is 28.6 Å². The molecule has 27 heavy (non-hydrogen) atoms. The molecule has 144 valence electrons. The number of amides is 1. The van der Waals surface area contributed by atoms with Gasteiger partial charge in [0, 0.05) is 11.1 Å². The zero-order valence-corrected chi connectivity index (χ0v) is 17.4. The number of ether oxygens (including phenoxy) is 1. The molecule has 1 amide bonds. The van der Waals surface area contributed by atoms with Crippen molar-refractivity contribution in [3.05, 3.63) is 49.9 Å². The largest absolute Gasteiger partial charge is 0.508 e. The number of halogens is 3. The van der Waals surface area contributed by atoms with Crippen molar-refractivity contribution < 1.29 is 24.5 Å². The quantitative estimate of drug-likeness (QED) is 0.533. The Bertz CT molecular complexity index is 879. The molecule has 0 heterocycles. The summed E-state index contributed by atoms with van der Waals surface area (Å²) in [7, 11) is 0. The van der Waals surface area contributed by atoms with E-state index in [4.69, 9.17) is 33.0 Å². The monoisotopic (exact) mass is 475 g/mol. The number of aliphatic carboxylic acids is 1. The molecule has 0 aliphatic rings. The average Bonchev–Trinajstić information content (AvgIpc) is 2.56. The maximum absolute atomic E-state index is 12.0. The van der Waals surface area contributed by atoms with Gasteiger partial charge in [-0.15, -0.1) is 0 Å². The van der Waals surface area contributed by atoms with Gasteiger partial charge in [0.05, 0.1) is 14.5 Å². The van der Waals surface area contributed by atoms with Gasteiger partial charge in [0.1, 0.15) is 18.0 Å². The zero-order valence-electron chi connectivity index (χ0n) is 14.3. The van der Waals surface area contributed by atoms with E-state index in [-0.39, 0.29) is 33.0 Å². The van der Waals surface area contributed by atoms with E-state index in [9.17, 15) is 14.7 Å². The molecule has 0 saturated heterocycles. The number of carboxylic acid groups (broad SMARTS) is 1. The Labute approximate surface area is 174 Å². The third-order valence-corrected chi connectivity index (χ3v) is 4.76. The van der Waals surface area contributed by atoms with Gasteiger partial charge in [-0.1, -0.05) is 37.0 Å². The first-order valence-corrected chi connectivity index (χ1v) is 9.34. The molecule has 2 aromatic carbocycles. The number of aromatic hydroxyl groups is 1. The number of hydrogen-bond acceptors (Lipinski definition) is 4. The zero-order chi connectivity index (χ0) is 20.3. The number of phenols is 1. The molecular weight excluding hydrogens is 461 g/mol. The Kier molecular flexibility index (Phi) is 6.97. The Morgan fingerprint density at radius 1 is 1.19 bits per heavy atom. The molecule has 6 nitrogen and oxygen atoms in total. The van der Waals surface area contributed by atoms with E-state index >= 15 is 0 Å². The van der Waals surface area contributed by atoms with Crippen LogP contribution >= 0.6 is 39.1 Å². The Balaban J connectivity index is 2.34. The summed E-state index contributed by atoms with van der Waals surface area (Å²) in [6, 6.07) is 5.85. The number of phenolic OH excluding ortho intramolecular Hbond substituents is 1. The molecule has 0 bridgehead atoms. The van der Waals surface area contributed by atoms with Crippen LogP contribution in [0.2, 0.25) is 10.0 Å². The van der Waals surface area contributed by atoms with E-state index in [1.54, 1.807) is 6.07 Å². The van der Waals surface area contributed by atoms with Gasteiger partial charge in [0.15, 0.2) is 5.75 Å². The molecule has 0 unspecified atom stereocenters. The van der Waals surface area contributed by atoms with Gasteiger partial charge in [-0.3, -0.25) is 9.59 Å². The molecule has 2 aromatic rings. The van der Waals surface area contributed by atoms with Gasteiger partial charge in [0.25, 0.3) is 5.91 Å². The standard InChI is InChI=1S/C18H16BrCl2NO5/c1-8(2)10-5-15(11(19)6-14(10)23)27-17-12(20)3-9(4-13(17)21)18(26)22-7-16(24)25/h3-6,8,23H,7H2,1-2H3,(H,22,26)(H,24,25). The highest BCUT2D eigenvalue weighted by Crippen LogP contribution is 2.42. The summed E-state index contributed by atoms with van der Waals surface area (Å²) in [6.07, 6.45) is 0. The molecule has 9 heteroatoms. The predicted molar refractivity (Wildman–Crippen MR) is 106 cm³/mol. The summed E-state index contributed by atoms with van der Waals surface area (Å²) < 4.78 is 6.30. The second-order valence-corrected chi connectivity index (χ2v) is 7.61. The molecule has 0 radical (unpaired) electrons. The van der Waals surface area contributed by atoms with Crippen LogP contribution in [-0.2, 0) is 4.79 Å². The molecule has 0 saturated carbocycles. The summed E-state index contributed by atoms with van der Waals surface area (Å²) in [4.78, 5) is 22.5. The fourth-order valence-corrected chi connectivity index (χ4v) is 3.23. The number of nitrogens with one attached hydrogen (secondary N) is 1. The summed E-state index contributed by atoms with van der Waals surface area (Å²) in [5, 5.41) is 21.0. The van der Waals surface area contributed by atoms with Crippen LogP contribution in [0.25, 0.3) is 0 Å². The maximum atomic E-state index is 12.0. The smallest absolute Gasteiger partial charge is 0.322 e. The summed E-state index contributed by atoms with van der Waals surface area (Å²) in [5.74, 6) is -1.07. The van der Waals surface area contributed by atoms with Crippen LogP contribution in [0.1, 0.15) is 35.7 Å². The fourth-order valence-electron chi connectivity index (χ4n) is 2.26. The topological polar surface area (TPSA) is 95.9 Å². The maximum Gasteiger partial charge on any atom is 0.322 e. The summed E-state index contributed by atoms with van der Waals surface area (Å²) in [6.45, 7) is 3.33. The van der Waals surface area contributed by atoms with Crippen molar-refractivity contribution >= 4 is 51.0 Å². The molecule has 0 aliphatic heterocycles. The number of carbonyl (C=O) groups is 2. The highest BCUT2D eigenvalue weighted by Gasteiger charge is 2.18. The molecular formula is C18H16BrCl2NO5. The number of carbonyl (C=O) groups excluding carboxylic acids is 1. The molecule has 0 fully saturated rings. The third-order valence-electron chi connectivity index (χ3n) is 3.58. The molecule has 0 atom stereocenters. The second-order valence-electron chi connectivity index (χ2n) is 5.94. The van der Waals surface area contributed by atoms with Crippen LogP contribution in [0.15, 0.2) is 28.7 Å². The average molecular weight is 477 g/mol. The lowest BCUT2D eigenvalue weighted by atomic mass is 10.0. The van der Waals surface area contributed by atoms with E-state index in [2.05, 4.69) is 21.2 Å². The Hall–Kier alpha value is -1.96. The SMILES string of the molecule is CC(C)c1cc(Oc2c(Cl)cc(C(=O)NCC(=O)O)cc2Cl)c(Br)cc1O. The van der Waals surface area contributed by atoms with Crippen LogP contribution in [0.4, 0.5) is 0 Å². The third kappa shape index (κ3) is 5.28. The van der Waals surface area contributed by atoms with Gasteiger partial charge < -0.3 is 20.3 Å². The van der Waals surface area contributed by atoms with Crippen molar-refractivity contribution in [2.75, 3.05) is 6.54 Å². The van der Waals surface area contributed by atoms with Crippen molar-refractivity contribution in [1.82, 2.24) is 5.32 Å². The summed E-state index contributed by atoms with van der Waals surface area (Å²) in [5.41, 5.74) is 0.788. The minimum absolute atomic E-state index is 0.0618. The summed E-state index contributed by atoms with van der Waals surface area (Å²) >= 11 is 15.7. The lowest BCUT2D eigenvalue weighted by molar-refractivity contribution is -0.135. The van der Waals surface area contributed by atoms with Crippen LogP contribution in [0, 0.1) is 0 Å². The van der Waals surface area contributed by atoms with E-state index in [1.165, 1.54) is 18.2 Å². The van der Waals surface area contributed by atoms with Crippen molar-refractivity contribution in [1.29, 1.82) is 0 Å². The van der Waals surface area contributed by atoms with Crippen LogP contribution in [0.3, 0.4) is 0 Å². The Morgan fingerprint density at radius 3 is 2.30 bits per heavy atom. The van der Waals surface area contributed by atoms with Gasteiger partial charge in [-0.05, 0) is 46.1 Å². The molecule has 0 aliphatic carbocycles. The predicted octanol–water partition coefficient (Wildman–Crippen LogP) is 5.19. The second kappa shape index (κ2) is 8.82. The number of hydrogen-bond donors (Lipinski definition) is 3. The normalized spacial score (nSPS) is 10.7. The van der Waals surface area contributed by atoms with E-state index in [0.29, 0.717) is 15.8 Å². The van der Waals surface area contributed by atoms with Gasteiger partial charge in [0.2, 0.25) is 0 Å². The molecule has 3 N–H and O–H groups in total. The molecule has 0 spiro atoms. The van der Waals surface area contributed by atoms with Crippen molar-refractivity contribution in [2.45, 2.75) is 19.8 Å².